The lowest BCUT2D eigenvalue weighted by molar-refractivity contribution is -0.909. The molecule has 0 aliphatic carbocycles. The van der Waals surface area contributed by atoms with Gasteiger partial charge in [-0.05, 0) is 13.8 Å². The largest absolute Gasteiger partial charge is 0.266 e. The van der Waals surface area contributed by atoms with Crippen molar-refractivity contribution in [2.24, 2.45) is 5.84 Å². The van der Waals surface area contributed by atoms with Crippen LogP contribution in [0, 0.1) is 5.41 Å². The van der Waals surface area contributed by atoms with Gasteiger partial charge in [-0.2, -0.15) is 0 Å². The van der Waals surface area contributed by atoms with E-state index in [9.17, 15) is 0 Å². The van der Waals surface area contributed by atoms with Gasteiger partial charge < -0.3 is 0 Å². The summed E-state index contributed by atoms with van der Waals surface area (Å²) in [5.74, 6) is 6.18. The predicted octanol–water partition coefficient (Wildman–Crippen LogP) is 0.0945. The summed E-state index contributed by atoms with van der Waals surface area (Å²) < 4.78 is 0.0139. The molecule has 10 heavy (non-hydrogen) atoms. The molecule has 4 heteroatoms. The van der Waals surface area contributed by atoms with E-state index in [4.69, 9.17) is 11.3 Å². The summed E-state index contributed by atoms with van der Waals surface area (Å²) in [6.07, 6.45) is 3.36. The first-order valence-electron chi connectivity index (χ1n) is 3.28. The molecule has 1 rings (SSSR count). The second-order valence-electron chi connectivity index (χ2n) is 2.72. The highest BCUT2D eigenvalue weighted by Crippen LogP contribution is 2.08. The first kappa shape index (κ1) is 7.24. The summed E-state index contributed by atoms with van der Waals surface area (Å²) in [4.78, 5) is 0. The third-order valence-corrected chi connectivity index (χ3v) is 1.74. The quantitative estimate of drug-likeness (QED) is 0.358. The molecule has 0 aromatic carbocycles. The summed E-state index contributed by atoms with van der Waals surface area (Å²) in [7, 11) is 0. The molecule has 0 radical (unpaired) electrons. The van der Waals surface area contributed by atoms with Crippen LogP contribution in [0.4, 0.5) is 0 Å². The molecule has 0 spiro atoms. The maximum Gasteiger partial charge on any atom is 0.266 e. The maximum atomic E-state index is 7.43. The molecule has 0 saturated heterocycles. The van der Waals surface area contributed by atoms with Crippen LogP contribution in [-0.4, -0.2) is 16.6 Å². The van der Waals surface area contributed by atoms with Crippen molar-refractivity contribution in [1.82, 2.24) is 5.43 Å². The molecular formula is C6H13N4+. The number of nitrogens with two attached hydrogens (primary N) is 1. The monoisotopic (exact) mass is 141 g/mol. The zero-order valence-corrected chi connectivity index (χ0v) is 6.26. The minimum atomic E-state index is 0.0139. The average Bonchev–Trinajstić information content (AvgIpc) is 2.15. The van der Waals surface area contributed by atoms with Crippen molar-refractivity contribution in [2.75, 3.05) is 0 Å². The van der Waals surface area contributed by atoms with Crippen LogP contribution in [-0.2, 0) is 0 Å². The fraction of sp³-hybridized carbons (Fsp3) is 0.500. The van der Waals surface area contributed by atoms with E-state index < -0.39 is 0 Å². The normalized spacial score (nSPS) is 31.4. The molecule has 0 aromatic rings. The standard InChI is InChI=1S/C6H13N4/c1-5(2)10(8)6(7)3-4-9-10/h3-5,7,9H,8H2,1-2H3/q+1. The van der Waals surface area contributed by atoms with Gasteiger partial charge in [-0.25, -0.2) is 10.8 Å². The zero-order valence-electron chi connectivity index (χ0n) is 6.26. The molecule has 0 amide bonds. The Bertz CT molecular complexity index is 184. The van der Waals surface area contributed by atoms with Crippen LogP contribution in [0.2, 0.25) is 0 Å². The van der Waals surface area contributed by atoms with Gasteiger partial charge in [-0.15, -0.1) is 10.5 Å². The summed E-state index contributed by atoms with van der Waals surface area (Å²) >= 11 is 0. The molecule has 1 atom stereocenters. The Morgan fingerprint density at radius 3 is 2.50 bits per heavy atom. The molecule has 0 aromatic heterocycles. The van der Waals surface area contributed by atoms with Gasteiger partial charge in [0, 0.05) is 6.08 Å². The summed E-state index contributed by atoms with van der Waals surface area (Å²) in [5.41, 5.74) is 2.89. The number of hydrogen-bond donors (Lipinski definition) is 3. The van der Waals surface area contributed by atoms with Crippen molar-refractivity contribution in [2.45, 2.75) is 19.9 Å². The lowest BCUT2D eigenvalue weighted by atomic mass is 10.3. The van der Waals surface area contributed by atoms with Crippen molar-refractivity contribution in [1.29, 1.82) is 5.41 Å². The molecule has 56 valence electrons. The maximum absolute atomic E-state index is 7.43. The van der Waals surface area contributed by atoms with Gasteiger partial charge >= 0.3 is 0 Å². The number of hydrogen-bond acceptors (Lipinski definition) is 3. The lowest BCUT2D eigenvalue weighted by Crippen LogP contribution is -2.65. The first-order chi connectivity index (χ1) is 4.57. The van der Waals surface area contributed by atoms with Crippen molar-refractivity contribution in [3.05, 3.63) is 12.3 Å². The highest BCUT2D eigenvalue weighted by atomic mass is 15.8. The second-order valence-corrected chi connectivity index (χ2v) is 2.72. The molecule has 4 nitrogen and oxygen atoms in total. The lowest BCUT2D eigenvalue weighted by Gasteiger charge is -2.29. The SMILES string of the molecule is CC(C)[N+]1(N)NC=CC1=N. The van der Waals surface area contributed by atoms with Crippen molar-refractivity contribution in [3.63, 3.8) is 0 Å². The Morgan fingerprint density at radius 2 is 2.30 bits per heavy atom. The Labute approximate surface area is 60.4 Å². The van der Waals surface area contributed by atoms with E-state index in [0.29, 0.717) is 5.84 Å². The number of nitrogens with zero attached hydrogens (tertiary/aromatic N) is 1. The third kappa shape index (κ3) is 0.815. The van der Waals surface area contributed by atoms with Gasteiger partial charge in [0.05, 0.1) is 6.20 Å². The zero-order chi connectivity index (χ0) is 7.78. The van der Waals surface area contributed by atoms with Gasteiger partial charge in [0.1, 0.15) is 6.04 Å². The molecule has 1 unspecified atom stereocenters. The molecule has 0 fully saturated rings. The first-order valence-corrected chi connectivity index (χ1v) is 3.28. The third-order valence-electron chi connectivity index (χ3n) is 1.74. The summed E-state index contributed by atoms with van der Waals surface area (Å²) in [6.45, 7) is 3.93. The highest BCUT2D eigenvalue weighted by Gasteiger charge is 2.35. The Balaban J connectivity index is 2.81. The Morgan fingerprint density at radius 1 is 1.70 bits per heavy atom. The highest BCUT2D eigenvalue weighted by molar-refractivity contribution is 5.85. The predicted molar refractivity (Wildman–Crippen MR) is 39.6 cm³/mol. The smallest absolute Gasteiger partial charge is 0.247 e. The molecular weight excluding hydrogens is 128 g/mol. The molecule has 1 aliphatic heterocycles. The van der Waals surface area contributed by atoms with E-state index in [1.165, 1.54) is 0 Å². The molecule has 1 heterocycles. The minimum Gasteiger partial charge on any atom is -0.247 e. The number of rotatable bonds is 1. The van der Waals surface area contributed by atoms with Crippen LogP contribution >= 0.6 is 0 Å². The van der Waals surface area contributed by atoms with Crippen LogP contribution in [0.15, 0.2) is 12.3 Å². The van der Waals surface area contributed by atoms with Crippen molar-refractivity contribution < 1.29 is 4.70 Å². The molecule has 0 bridgehead atoms. The number of amidine groups is 1. The van der Waals surface area contributed by atoms with Crippen LogP contribution in [0.3, 0.4) is 0 Å². The van der Waals surface area contributed by atoms with E-state index >= 15 is 0 Å². The summed E-state index contributed by atoms with van der Waals surface area (Å²) in [6, 6.07) is 0.183. The number of nitrogens with one attached hydrogen (secondary N) is 2. The van der Waals surface area contributed by atoms with Gasteiger partial charge in [-0.3, -0.25) is 0 Å². The second kappa shape index (κ2) is 2.07. The number of quaternary nitrogens is 1. The van der Waals surface area contributed by atoms with Gasteiger partial charge in [0.25, 0.3) is 5.84 Å². The van der Waals surface area contributed by atoms with E-state index in [1.54, 1.807) is 12.3 Å². The van der Waals surface area contributed by atoms with E-state index in [1.807, 2.05) is 13.8 Å². The van der Waals surface area contributed by atoms with E-state index in [2.05, 4.69) is 5.43 Å². The molecule has 1 aliphatic rings. The van der Waals surface area contributed by atoms with Crippen LogP contribution in [0.5, 0.6) is 0 Å². The van der Waals surface area contributed by atoms with Gasteiger partial charge in [-0.1, -0.05) is 0 Å². The minimum absolute atomic E-state index is 0.0139. The topological polar surface area (TPSA) is 61.9 Å². The molecule has 0 saturated carbocycles. The average molecular weight is 141 g/mol. The molecule has 4 N–H and O–H groups in total. The van der Waals surface area contributed by atoms with Gasteiger partial charge in [0.2, 0.25) is 0 Å². The summed E-state index contributed by atoms with van der Waals surface area (Å²) in [5, 5.41) is 7.43. The Kier molecular flexibility index (Phi) is 1.50. The van der Waals surface area contributed by atoms with Gasteiger partial charge in [0.15, 0.2) is 0 Å². The fourth-order valence-electron chi connectivity index (χ4n) is 0.860. The van der Waals surface area contributed by atoms with E-state index in [0.717, 1.165) is 0 Å². The Hall–Kier alpha value is -0.870. The van der Waals surface area contributed by atoms with Crippen LogP contribution in [0.25, 0.3) is 0 Å². The van der Waals surface area contributed by atoms with Crippen LogP contribution in [0.1, 0.15) is 13.8 Å². The van der Waals surface area contributed by atoms with Crippen molar-refractivity contribution in [3.8, 4) is 0 Å². The van der Waals surface area contributed by atoms with E-state index in [-0.39, 0.29) is 10.7 Å². The van der Waals surface area contributed by atoms with Crippen LogP contribution < -0.4 is 11.3 Å². The fourth-order valence-corrected chi connectivity index (χ4v) is 0.860. The van der Waals surface area contributed by atoms with Crippen molar-refractivity contribution >= 4 is 5.84 Å².